The summed E-state index contributed by atoms with van der Waals surface area (Å²) in [6.07, 6.45) is 0. The summed E-state index contributed by atoms with van der Waals surface area (Å²) >= 11 is 1.57. The normalized spacial score (nSPS) is 17.5. The van der Waals surface area contributed by atoms with Gasteiger partial charge in [0.1, 0.15) is 16.9 Å². The third kappa shape index (κ3) is 4.28. The number of carbonyl (C=O) groups excluding carboxylic acids is 2. The maximum Gasteiger partial charge on any atom is 0.277 e. The van der Waals surface area contributed by atoms with E-state index in [-0.39, 0.29) is 18.4 Å². The molecule has 7 heteroatoms. The molecule has 0 spiro atoms. The van der Waals surface area contributed by atoms with Crippen LogP contribution in [0.5, 0.6) is 0 Å². The van der Waals surface area contributed by atoms with E-state index in [1.807, 2.05) is 85.1 Å². The Labute approximate surface area is 209 Å². The van der Waals surface area contributed by atoms with E-state index in [1.165, 1.54) is 5.56 Å². The standard InChI is InChI=1S/C28H28N4O2S/c1-19(2)21-11-13-22(14-12-21)32-26(33)24-16-23(25-10-7-15-35-25)30-31(24)18-28(32,3)27(34)29-17-20-8-5-4-6-9-20/h4-16,19H,17-18H2,1-3H3,(H,29,34)/t28-/m0/s1. The number of amides is 2. The third-order valence-electron chi connectivity index (χ3n) is 6.53. The van der Waals surface area contributed by atoms with Gasteiger partial charge < -0.3 is 5.32 Å². The van der Waals surface area contributed by atoms with Crippen LogP contribution in [0.4, 0.5) is 5.69 Å². The van der Waals surface area contributed by atoms with Crippen molar-refractivity contribution in [1.29, 1.82) is 0 Å². The lowest BCUT2D eigenvalue weighted by Crippen LogP contribution is -2.64. The molecule has 0 unspecified atom stereocenters. The van der Waals surface area contributed by atoms with Crippen molar-refractivity contribution < 1.29 is 9.59 Å². The molecule has 2 aromatic heterocycles. The van der Waals surface area contributed by atoms with Crippen molar-refractivity contribution in [3.63, 3.8) is 0 Å². The Bertz CT molecular complexity index is 1340. The van der Waals surface area contributed by atoms with Gasteiger partial charge in [-0.1, -0.05) is 62.4 Å². The van der Waals surface area contributed by atoms with Gasteiger partial charge in [-0.05, 0) is 53.6 Å². The number of rotatable bonds is 6. The summed E-state index contributed by atoms with van der Waals surface area (Å²) in [7, 11) is 0. The molecule has 1 atom stereocenters. The van der Waals surface area contributed by atoms with Crippen molar-refractivity contribution in [2.45, 2.75) is 45.3 Å². The van der Waals surface area contributed by atoms with E-state index in [2.05, 4.69) is 19.2 Å². The zero-order valence-corrected chi connectivity index (χ0v) is 20.9. The number of aromatic nitrogens is 2. The van der Waals surface area contributed by atoms with Crippen molar-refractivity contribution in [3.05, 3.63) is 95.0 Å². The highest BCUT2D eigenvalue weighted by Gasteiger charge is 2.48. The summed E-state index contributed by atoms with van der Waals surface area (Å²) in [5.41, 5.74) is 2.94. The number of benzene rings is 2. The van der Waals surface area contributed by atoms with Crippen molar-refractivity contribution in [1.82, 2.24) is 15.1 Å². The number of hydrogen-bond donors (Lipinski definition) is 1. The first-order valence-electron chi connectivity index (χ1n) is 11.8. The highest BCUT2D eigenvalue weighted by molar-refractivity contribution is 7.13. The van der Waals surface area contributed by atoms with Crippen LogP contribution in [-0.4, -0.2) is 27.1 Å². The van der Waals surface area contributed by atoms with Crippen LogP contribution >= 0.6 is 11.3 Å². The maximum absolute atomic E-state index is 13.9. The van der Waals surface area contributed by atoms with Crippen LogP contribution < -0.4 is 10.2 Å². The molecule has 0 saturated carbocycles. The van der Waals surface area contributed by atoms with Crippen molar-refractivity contribution in [3.8, 4) is 10.6 Å². The molecular weight excluding hydrogens is 456 g/mol. The Balaban J connectivity index is 1.54. The van der Waals surface area contributed by atoms with Crippen LogP contribution in [0.2, 0.25) is 0 Å². The average Bonchev–Trinajstić information content (AvgIpc) is 3.54. The van der Waals surface area contributed by atoms with Gasteiger partial charge in [0.15, 0.2) is 0 Å². The molecule has 2 amide bonds. The van der Waals surface area contributed by atoms with E-state index >= 15 is 0 Å². The molecule has 1 aliphatic rings. The largest absolute Gasteiger partial charge is 0.350 e. The van der Waals surface area contributed by atoms with Gasteiger partial charge in [0.05, 0.1) is 11.4 Å². The fourth-order valence-corrected chi connectivity index (χ4v) is 5.19. The molecule has 0 bridgehead atoms. The number of carbonyl (C=O) groups is 2. The first kappa shape index (κ1) is 23.1. The monoisotopic (exact) mass is 484 g/mol. The Morgan fingerprint density at radius 2 is 1.83 bits per heavy atom. The SMILES string of the molecule is CC(C)c1ccc(N2C(=O)c3cc(-c4cccs4)nn3C[C@@]2(C)C(=O)NCc2ccccc2)cc1. The molecule has 1 aliphatic heterocycles. The lowest BCUT2D eigenvalue weighted by Gasteiger charge is -2.43. The van der Waals surface area contributed by atoms with Crippen LogP contribution in [0.15, 0.2) is 78.2 Å². The molecule has 0 saturated heterocycles. The van der Waals surface area contributed by atoms with Gasteiger partial charge in [0.2, 0.25) is 5.91 Å². The van der Waals surface area contributed by atoms with Crippen molar-refractivity contribution >= 4 is 28.8 Å². The Morgan fingerprint density at radius 1 is 1.09 bits per heavy atom. The molecule has 3 heterocycles. The van der Waals surface area contributed by atoms with Crippen LogP contribution in [-0.2, 0) is 17.9 Å². The Kier molecular flexibility index (Phi) is 6.03. The molecule has 0 fully saturated rings. The van der Waals surface area contributed by atoms with Crippen molar-refractivity contribution in [2.24, 2.45) is 0 Å². The number of anilines is 1. The molecule has 5 rings (SSSR count). The number of thiophene rings is 1. The maximum atomic E-state index is 13.9. The van der Waals surface area contributed by atoms with Gasteiger partial charge in [0, 0.05) is 12.2 Å². The predicted molar refractivity (Wildman–Crippen MR) is 140 cm³/mol. The van der Waals surface area contributed by atoms with E-state index in [9.17, 15) is 9.59 Å². The number of nitrogens with zero attached hydrogens (tertiary/aromatic N) is 3. The zero-order chi connectivity index (χ0) is 24.6. The summed E-state index contributed by atoms with van der Waals surface area (Å²) in [4.78, 5) is 30.2. The highest BCUT2D eigenvalue weighted by Crippen LogP contribution is 2.35. The van der Waals surface area contributed by atoms with Gasteiger partial charge >= 0.3 is 0 Å². The van der Waals surface area contributed by atoms with E-state index in [0.717, 1.165) is 16.1 Å². The first-order valence-corrected chi connectivity index (χ1v) is 12.6. The lowest BCUT2D eigenvalue weighted by molar-refractivity contribution is -0.126. The molecular formula is C28H28N4O2S. The second-order valence-corrected chi connectivity index (χ2v) is 10.3. The lowest BCUT2D eigenvalue weighted by atomic mass is 9.93. The summed E-state index contributed by atoms with van der Waals surface area (Å²) < 4.78 is 1.68. The average molecular weight is 485 g/mol. The highest BCUT2D eigenvalue weighted by atomic mass is 32.1. The fourth-order valence-electron chi connectivity index (χ4n) is 4.51. The first-order chi connectivity index (χ1) is 16.9. The quantitative estimate of drug-likeness (QED) is 0.395. The summed E-state index contributed by atoms with van der Waals surface area (Å²) in [5.74, 6) is -0.0841. The number of nitrogens with one attached hydrogen (secondary N) is 1. The smallest absolute Gasteiger partial charge is 0.277 e. The molecule has 1 N–H and O–H groups in total. The number of hydrogen-bond acceptors (Lipinski definition) is 4. The molecule has 2 aromatic carbocycles. The van der Waals surface area contributed by atoms with Gasteiger partial charge in [-0.15, -0.1) is 11.3 Å². The van der Waals surface area contributed by atoms with Gasteiger partial charge in [0.25, 0.3) is 5.91 Å². The summed E-state index contributed by atoms with van der Waals surface area (Å²) in [6, 6.07) is 23.5. The van der Waals surface area contributed by atoms with E-state index in [0.29, 0.717) is 23.8 Å². The molecule has 0 aliphatic carbocycles. The minimum Gasteiger partial charge on any atom is -0.350 e. The molecule has 0 radical (unpaired) electrons. The van der Waals surface area contributed by atoms with Gasteiger partial charge in [-0.25, -0.2) is 0 Å². The Hall–Kier alpha value is -3.71. The van der Waals surface area contributed by atoms with Crippen LogP contribution in [0.3, 0.4) is 0 Å². The van der Waals surface area contributed by atoms with Gasteiger partial charge in [-0.3, -0.25) is 19.2 Å². The summed E-state index contributed by atoms with van der Waals surface area (Å²) in [5, 5.41) is 9.74. The van der Waals surface area contributed by atoms with E-state index < -0.39 is 5.54 Å². The van der Waals surface area contributed by atoms with Gasteiger partial charge in [-0.2, -0.15) is 5.10 Å². The third-order valence-corrected chi connectivity index (χ3v) is 7.42. The summed E-state index contributed by atoms with van der Waals surface area (Å²) in [6.45, 7) is 6.72. The van der Waals surface area contributed by atoms with Crippen molar-refractivity contribution in [2.75, 3.05) is 4.90 Å². The van der Waals surface area contributed by atoms with Crippen LogP contribution in [0.25, 0.3) is 10.6 Å². The zero-order valence-electron chi connectivity index (χ0n) is 20.1. The topological polar surface area (TPSA) is 67.2 Å². The minimum atomic E-state index is -1.16. The number of fused-ring (bicyclic) bond motifs is 1. The second kappa shape index (κ2) is 9.15. The predicted octanol–water partition coefficient (Wildman–Crippen LogP) is 5.47. The molecule has 6 nitrogen and oxygen atoms in total. The van der Waals surface area contributed by atoms with E-state index in [4.69, 9.17) is 5.10 Å². The van der Waals surface area contributed by atoms with Crippen LogP contribution in [0.1, 0.15) is 48.3 Å². The fraction of sp³-hybridized carbons (Fsp3) is 0.250. The Morgan fingerprint density at radius 3 is 2.49 bits per heavy atom. The molecule has 35 heavy (non-hydrogen) atoms. The van der Waals surface area contributed by atoms with Crippen LogP contribution in [0, 0.1) is 0 Å². The molecule has 178 valence electrons. The second-order valence-electron chi connectivity index (χ2n) is 9.38. The minimum absolute atomic E-state index is 0.221. The van der Waals surface area contributed by atoms with E-state index in [1.54, 1.807) is 20.9 Å². The molecule has 4 aromatic rings.